The van der Waals surface area contributed by atoms with E-state index in [0.717, 1.165) is 115 Å². The predicted molar refractivity (Wildman–Crippen MR) is 368 cm³/mol. The van der Waals surface area contributed by atoms with Crippen molar-refractivity contribution < 1.29 is 80.2 Å². The van der Waals surface area contributed by atoms with Gasteiger partial charge in [0.2, 0.25) is 0 Å². The summed E-state index contributed by atoms with van der Waals surface area (Å²) >= 11 is 0. The zero-order valence-electron chi connectivity index (χ0n) is 59.1. The fourth-order valence-corrected chi connectivity index (χ4v) is 12.5. The molecule has 0 aliphatic carbocycles. The number of phosphoric acid groups is 2. The molecule has 91 heavy (non-hydrogen) atoms. The Hall–Kier alpha value is -1.94. The number of aliphatic hydroxyl groups is 1. The van der Waals surface area contributed by atoms with Crippen molar-refractivity contribution in [3.8, 4) is 0 Å². The number of hydrogen-bond donors (Lipinski definition) is 3. The Morgan fingerprint density at radius 1 is 0.319 bits per heavy atom. The van der Waals surface area contributed by atoms with Crippen LogP contribution in [0.25, 0.3) is 0 Å². The predicted octanol–water partition coefficient (Wildman–Crippen LogP) is 20.8. The minimum Gasteiger partial charge on any atom is -0.462 e. The van der Waals surface area contributed by atoms with Crippen LogP contribution in [0.1, 0.15) is 369 Å². The summed E-state index contributed by atoms with van der Waals surface area (Å²) in [4.78, 5) is 72.5. The molecule has 0 spiro atoms. The van der Waals surface area contributed by atoms with Gasteiger partial charge in [-0.1, -0.05) is 318 Å². The summed E-state index contributed by atoms with van der Waals surface area (Å²) in [6, 6.07) is 0. The van der Waals surface area contributed by atoms with Crippen molar-refractivity contribution in [3.63, 3.8) is 0 Å². The van der Waals surface area contributed by atoms with E-state index in [1.807, 2.05) is 0 Å². The molecule has 0 aromatic carbocycles. The third-order valence-electron chi connectivity index (χ3n) is 17.1. The van der Waals surface area contributed by atoms with E-state index in [0.29, 0.717) is 25.7 Å². The quantitative estimate of drug-likeness (QED) is 0.0222. The van der Waals surface area contributed by atoms with Gasteiger partial charge in [-0.05, 0) is 37.5 Å². The SMILES string of the molecule is CCCCCCCCCCCCCCCC(=O)OC[C@H](COP(=O)(O)OC[C@@H](O)COP(=O)(O)OC[C@@H](COC(=O)CCCCCCCCC)OC(=O)CCCCCCCCCCC(C)CC)OC(=O)CCCCCCCCCCCCCCCCCCC(C)C. The number of ether oxygens (including phenoxy) is 4. The molecule has 0 aromatic rings. The highest BCUT2D eigenvalue weighted by Gasteiger charge is 2.30. The first-order valence-electron chi connectivity index (χ1n) is 37.5. The summed E-state index contributed by atoms with van der Waals surface area (Å²) in [6.45, 7) is 9.55. The highest BCUT2D eigenvalue weighted by atomic mass is 31.2. The van der Waals surface area contributed by atoms with E-state index in [4.69, 9.17) is 37.0 Å². The summed E-state index contributed by atoms with van der Waals surface area (Å²) in [6.07, 6.45) is 50.0. The molecular weight excluding hydrogens is 1200 g/mol. The fraction of sp³-hybridized carbons (Fsp3) is 0.944. The van der Waals surface area contributed by atoms with Gasteiger partial charge in [-0.2, -0.15) is 0 Å². The van der Waals surface area contributed by atoms with Gasteiger partial charge in [-0.15, -0.1) is 0 Å². The van der Waals surface area contributed by atoms with E-state index >= 15 is 0 Å². The summed E-state index contributed by atoms with van der Waals surface area (Å²) < 4.78 is 68.3. The van der Waals surface area contributed by atoms with Gasteiger partial charge in [0, 0.05) is 25.7 Å². The normalized spacial score (nSPS) is 14.4. The molecule has 19 heteroatoms. The lowest BCUT2D eigenvalue weighted by Crippen LogP contribution is -2.30. The molecule has 0 aliphatic rings. The van der Waals surface area contributed by atoms with Crippen molar-refractivity contribution in [3.05, 3.63) is 0 Å². The van der Waals surface area contributed by atoms with Gasteiger partial charge in [0.15, 0.2) is 12.2 Å². The Labute approximate surface area is 556 Å². The first-order valence-corrected chi connectivity index (χ1v) is 40.5. The van der Waals surface area contributed by atoms with Crippen LogP contribution in [0.15, 0.2) is 0 Å². The molecule has 0 aliphatic heterocycles. The van der Waals surface area contributed by atoms with E-state index in [1.165, 1.54) is 173 Å². The van der Waals surface area contributed by atoms with Crippen LogP contribution >= 0.6 is 15.6 Å². The van der Waals surface area contributed by atoms with Gasteiger partial charge >= 0.3 is 39.5 Å². The number of rotatable bonds is 71. The van der Waals surface area contributed by atoms with Gasteiger partial charge in [-0.25, -0.2) is 9.13 Å². The van der Waals surface area contributed by atoms with Crippen molar-refractivity contribution in [2.24, 2.45) is 11.8 Å². The van der Waals surface area contributed by atoms with Crippen molar-refractivity contribution in [2.75, 3.05) is 39.6 Å². The van der Waals surface area contributed by atoms with Gasteiger partial charge in [0.25, 0.3) is 0 Å². The maximum atomic E-state index is 13.0. The van der Waals surface area contributed by atoms with E-state index in [1.54, 1.807) is 0 Å². The second-order valence-corrected chi connectivity index (χ2v) is 29.6. The van der Waals surface area contributed by atoms with Crippen molar-refractivity contribution in [1.29, 1.82) is 0 Å². The van der Waals surface area contributed by atoms with Gasteiger partial charge < -0.3 is 33.8 Å². The summed E-state index contributed by atoms with van der Waals surface area (Å²) in [5.41, 5.74) is 0. The van der Waals surface area contributed by atoms with Crippen LogP contribution in [0.5, 0.6) is 0 Å². The largest absolute Gasteiger partial charge is 0.472 e. The Balaban J connectivity index is 5.19. The van der Waals surface area contributed by atoms with Crippen molar-refractivity contribution >= 4 is 39.5 Å². The monoisotopic (exact) mass is 1340 g/mol. The highest BCUT2D eigenvalue weighted by molar-refractivity contribution is 7.47. The lowest BCUT2D eigenvalue weighted by Gasteiger charge is -2.21. The molecule has 0 amide bonds. The Kier molecular flexibility index (Phi) is 62.7. The highest BCUT2D eigenvalue weighted by Crippen LogP contribution is 2.45. The topological polar surface area (TPSA) is 237 Å². The van der Waals surface area contributed by atoms with Crippen LogP contribution < -0.4 is 0 Å². The maximum absolute atomic E-state index is 13.0. The number of carbonyl (C=O) groups is 4. The average molecular weight is 1340 g/mol. The summed E-state index contributed by atoms with van der Waals surface area (Å²) in [5.74, 6) is -0.547. The minimum atomic E-state index is -4.95. The van der Waals surface area contributed by atoms with Crippen LogP contribution in [0, 0.1) is 11.8 Å². The van der Waals surface area contributed by atoms with Crippen LogP contribution in [0.2, 0.25) is 0 Å². The Morgan fingerprint density at radius 3 is 0.835 bits per heavy atom. The molecule has 3 unspecified atom stereocenters. The summed E-state index contributed by atoms with van der Waals surface area (Å²) in [7, 11) is -9.90. The molecule has 6 atom stereocenters. The lowest BCUT2D eigenvalue weighted by atomic mass is 9.99. The second kappa shape index (κ2) is 64.1. The number of hydrogen-bond acceptors (Lipinski definition) is 15. The van der Waals surface area contributed by atoms with Crippen LogP contribution in [-0.4, -0.2) is 96.7 Å². The second-order valence-electron chi connectivity index (χ2n) is 26.7. The van der Waals surface area contributed by atoms with E-state index in [9.17, 15) is 43.2 Å². The van der Waals surface area contributed by atoms with Crippen LogP contribution in [-0.2, 0) is 65.4 Å². The molecule has 540 valence electrons. The standard InChI is InChI=1S/C72H140O17P2/c1-7-10-12-14-16-17-18-23-27-30-37-43-49-55-70(75)83-61-68(88-71(76)56-50-44-38-31-28-25-22-20-19-21-24-26-29-35-40-46-52-64(4)5)63-87-91(80,81)85-59-66(73)58-84-90(78,79)86-62-67(60-82-69(74)54-48-42-34-15-13-11-8-2)89-72(77)57-51-45-39-33-32-36-41-47-53-65(6)9-3/h64-68,73H,7-63H2,1-6H3,(H,78,79)(H,80,81)/t65?,66-,67+,68+/m0/s1. The molecule has 3 N–H and O–H groups in total. The molecule has 0 aromatic heterocycles. The van der Waals surface area contributed by atoms with Crippen molar-refractivity contribution in [2.45, 2.75) is 387 Å². The minimum absolute atomic E-state index is 0.105. The Morgan fingerprint density at radius 2 is 0.560 bits per heavy atom. The number of aliphatic hydroxyl groups excluding tert-OH is 1. The lowest BCUT2D eigenvalue weighted by molar-refractivity contribution is -0.161. The molecule has 0 rings (SSSR count). The number of esters is 4. The van der Waals surface area contributed by atoms with Crippen LogP contribution in [0.4, 0.5) is 0 Å². The molecule has 0 saturated heterocycles. The van der Waals surface area contributed by atoms with E-state index in [-0.39, 0.29) is 25.7 Å². The Bertz CT molecular complexity index is 1770. The molecule has 0 fully saturated rings. The number of carbonyl (C=O) groups excluding carboxylic acids is 4. The smallest absolute Gasteiger partial charge is 0.462 e. The first kappa shape index (κ1) is 89.1. The molecule has 0 bridgehead atoms. The zero-order valence-corrected chi connectivity index (χ0v) is 60.9. The molecule has 0 heterocycles. The molecule has 0 saturated carbocycles. The maximum Gasteiger partial charge on any atom is 0.472 e. The molecule has 17 nitrogen and oxygen atoms in total. The van der Waals surface area contributed by atoms with Gasteiger partial charge in [0.05, 0.1) is 26.4 Å². The number of phosphoric ester groups is 2. The van der Waals surface area contributed by atoms with Crippen LogP contribution in [0.3, 0.4) is 0 Å². The zero-order chi connectivity index (χ0) is 67.2. The average Bonchev–Trinajstić information content (AvgIpc) is 3.62. The molecular formula is C72H140O17P2. The van der Waals surface area contributed by atoms with Gasteiger partial charge in [-0.3, -0.25) is 37.3 Å². The number of unbranched alkanes of at least 4 members (excludes halogenated alkanes) is 40. The van der Waals surface area contributed by atoms with E-state index in [2.05, 4.69) is 41.5 Å². The third-order valence-corrected chi connectivity index (χ3v) is 19.0. The fourth-order valence-electron chi connectivity index (χ4n) is 10.9. The third kappa shape index (κ3) is 65.1. The van der Waals surface area contributed by atoms with Gasteiger partial charge in [0.1, 0.15) is 19.3 Å². The first-order chi connectivity index (χ1) is 43.9. The van der Waals surface area contributed by atoms with E-state index < -0.39 is 97.5 Å². The van der Waals surface area contributed by atoms with Crippen molar-refractivity contribution in [1.82, 2.24) is 0 Å². The molecule has 0 radical (unpaired) electrons. The summed E-state index contributed by atoms with van der Waals surface area (Å²) in [5, 5.41) is 10.6.